The Hall–Kier alpha value is -2.87. The number of carbonyl (C=O) groups is 1. The molecule has 0 saturated carbocycles. The molecule has 0 saturated heterocycles. The molecular weight excluding hydrogens is 318 g/mol. The summed E-state index contributed by atoms with van der Waals surface area (Å²) in [4.78, 5) is 12.6. The van der Waals surface area contributed by atoms with Crippen LogP contribution in [-0.4, -0.2) is 5.91 Å². The highest BCUT2D eigenvalue weighted by Gasteiger charge is 2.15. The average molecular weight is 341 g/mol. The third-order valence-corrected chi connectivity index (χ3v) is 5.22. The number of nitrogens with one attached hydrogen (secondary N) is 1. The number of amides is 1. The number of fused-ring (bicyclic) bond motifs is 1. The number of rotatable bonds is 4. The van der Waals surface area contributed by atoms with Crippen LogP contribution >= 0.6 is 0 Å². The monoisotopic (exact) mass is 341 g/mol. The van der Waals surface area contributed by atoms with Crippen molar-refractivity contribution in [1.82, 2.24) is 5.32 Å². The Kier molecular flexibility index (Phi) is 4.57. The minimum Gasteiger partial charge on any atom is -0.346 e. The first-order valence-corrected chi connectivity index (χ1v) is 9.29. The standard InChI is InChI=1S/C24H23NO/c1-17(22-15-12-19-8-5-9-23(19)16-22)25-24(26)21-13-10-20(11-14-21)18-6-3-2-4-7-18/h2-4,6-7,10-17H,5,8-9H2,1H3,(H,25,26)/t17-/m0/s1. The van der Waals surface area contributed by atoms with Gasteiger partial charge in [0.25, 0.3) is 5.91 Å². The van der Waals surface area contributed by atoms with E-state index in [1.807, 2.05) is 49.4 Å². The molecule has 0 bridgehead atoms. The number of benzene rings is 3. The van der Waals surface area contributed by atoms with E-state index >= 15 is 0 Å². The van der Waals surface area contributed by atoms with E-state index in [4.69, 9.17) is 0 Å². The molecule has 130 valence electrons. The number of hydrogen-bond donors (Lipinski definition) is 1. The van der Waals surface area contributed by atoms with E-state index in [0.29, 0.717) is 5.56 Å². The molecule has 2 heteroatoms. The molecule has 1 aliphatic rings. The van der Waals surface area contributed by atoms with Crippen molar-refractivity contribution < 1.29 is 4.79 Å². The fraction of sp³-hybridized carbons (Fsp3) is 0.208. The molecule has 1 N–H and O–H groups in total. The van der Waals surface area contributed by atoms with Gasteiger partial charge in [0.15, 0.2) is 0 Å². The van der Waals surface area contributed by atoms with Crippen LogP contribution in [0.25, 0.3) is 11.1 Å². The summed E-state index contributed by atoms with van der Waals surface area (Å²) < 4.78 is 0. The van der Waals surface area contributed by atoms with Crippen LogP contribution in [0.4, 0.5) is 0 Å². The molecule has 1 atom stereocenters. The van der Waals surface area contributed by atoms with Crippen LogP contribution in [0.1, 0.15) is 46.4 Å². The zero-order valence-corrected chi connectivity index (χ0v) is 15.0. The van der Waals surface area contributed by atoms with Crippen LogP contribution in [0.2, 0.25) is 0 Å². The molecule has 0 radical (unpaired) electrons. The number of aryl methyl sites for hydroxylation is 2. The summed E-state index contributed by atoms with van der Waals surface area (Å²) in [7, 11) is 0. The van der Waals surface area contributed by atoms with Gasteiger partial charge in [-0.3, -0.25) is 4.79 Å². The third kappa shape index (κ3) is 3.41. The van der Waals surface area contributed by atoms with Crippen LogP contribution in [0, 0.1) is 0 Å². The molecule has 0 spiro atoms. The van der Waals surface area contributed by atoms with Crippen LogP contribution in [0.5, 0.6) is 0 Å². The van der Waals surface area contributed by atoms with E-state index < -0.39 is 0 Å². The lowest BCUT2D eigenvalue weighted by atomic mass is 10.0. The van der Waals surface area contributed by atoms with Crippen molar-refractivity contribution in [3.63, 3.8) is 0 Å². The first-order valence-electron chi connectivity index (χ1n) is 9.29. The molecule has 3 aromatic rings. The first kappa shape index (κ1) is 16.6. The molecule has 0 unspecified atom stereocenters. The van der Waals surface area contributed by atoms with Crippen molar-refractivity contribution in [3.8, 4) is 11.1 Å². The smallest absolute Gasteiger partial charge is 0.251 e. The van der Waals surface area contributed by atoms with Gasteiger partial charge in [-0.15, -0.1) is 0 Å². The van der Waals surface area contributed by atoms with Gasteiger partial charge in [-0.05, 0) is 66.1 Å². The highest BCUT2D eigenvalue weighted by molar-refractivity contribution is 5.95. The zero-order valence-electron chi connectivity index (χ0n) is 15.0. The summed E-state index contributed by atoms with van der Waals surface area (Å²) in [6, 6.07) is 24.6. The van der Waals surface area contributed by atoms with E-state index in [9.17, 15) is 4.79 Å². The van der Waals surface area contributed by atoms with Gasteiger partial charge >= 0.3 is 0 Å². The molecule has 0 aliphatic heterocycles. The molecule has 0 fully saturated rings. The first-order chi connectivity index (χ1) is 12.7. The summed E-state index contributed by atoms with van der Waals surface area (Å²) >= 11 is 0. The maximum Gasteiger partial charge on any atom is 0.251 e. The summed E-state index contributed by atoms with van der Waals surface area (Å²) in [5.74, 6) is -0.0300. The second-order valence-corrected chi connectivity index (χ2v) is 7.02. The average Bonchev–Trinajstić information content (AvgIpc) is 3.16. The molecule has 1 amide bonds. The lowest BCUT2D eigenvalue weighted by molar-refractivity contribution is 0.0940. The van der Waals surface area contributed by atoms with Crippen molar-refractivity contribution in [1.29, 1.82) is 0 Å². The lowest BCUT2D eigenvalue weighted by Gasteiger charge is -2.16. The minimum absolute atomic E-state index is 0.00204. The molecule has 2 nitrogen and oxygen atoms in total. The van der Waals surface area contributed by atoms with E-state index in [1.165, 1.54) is 29.5 Å². The summed E-state index contributed by atoms with van der Waals surface area (Å²) in [6.45, 7) is 2.05. The molecule has 3 aromatic carbocycles. The third-order valence-electron chi connectivity index (χ3n) is 5.22. The van der Waals surface area contributed by atoms with Crippen molar-refractivity contribution in [3.05, 3.63) is 95.1 Å². The maximum absolute atomic E-state index is 12.6. The quantitative estimate of drug-likeness (QED) is 0.682. The van der Waals surface area contributed by atoms with E-state index in [2.05, 4.69) is 35.6 Å². The lowest BCUT2D eigenvalue weighted by Crippen LogP contribution is -2.26. The Bertz CT molecular complexity index is 913. The highest BCUT2D eigenvalue weighted by Crippen LogP contribution is 2.25. The van der Waals surface area contributed by atoms with Gasteiger partial charge in [-0.1, -0.05) is 60.7 Å². The fourth-order valence-corrected chi connectivity index (χ4v) is 3.67. The van der Waals surface area contributed by atoms with Gasteiger partial charge in [0.05, 0.1) is 6.04 Å². The van der Waals surface area contributed by atoms with E-state index in [1.54, 1.807) is 0 Å². The zero-order chi connectivity index (χ0) is 17.9. The van der Waals surface area contributed by atoms with Crippen LogP contribution < -0.4 is 5.32 Å². The predicted octanol–water partition coefficient (Wildman–Crippen LogP) is 5.33. The number of hydrogen-bond acceptors (Lipinski definition) is 1. The fourth-order valence-electron chi connectivity index (χ4n) is 3.67. The van der Waals surface area contributed by atoms with Crippen molar-refractivity contribution in [2.24, 2.45) is 0 Å². The normalized spacial score (nSPS) is 13.9. The highest BCUT2D eigenvalue weighted by atomic mass is 16.1. The van der Waals surface area contributed by atoms with Gasteiger partial charge < -0.3 is 5.32 Å². The van der Waals surface area contributed by atoms with Crippen LogP contribution in [0.3, 0.4) is 0 Å². The molecular formula is C24H23NO. The molecule has 4 rings (SSSR count). The topological polar surface area (TPSA) is 29.1 Å². The Labute approximate surface area is 154 Å². The SMILES string of the molecule is C[C@H](NC(=O)c1ccc(-c2ccccc2)cc1)c1ccc2c(c1)CCC2. The molecule has 0 aromatic heterocycles. The van der Waals surface area contributed by atoms with Crippen molar-refractivity contribution in [2.45, 2.75) is 32.2 Å². The predicted molar refractivity (Wildman–Crippen MR) is 106 cm³/mol. The van der Waals surface area contributed by atoms with Crippen LogP contribution in [0.15, 0.2) is 72.8 Å². The van der Waals surface area contributed by atoms with Crippen molar-refractivity contribution in [2.75, 3.05) is 0 Å². The summed E-state index contributed by atoms with van der Waals surface area (Å²) in [5, 5.41) is 3.12. The molecule has 0 heterocycles. The summed E-state index contributed by atoms with van der Waals surface area (Å²) in [6.07, 6.45) is 3.59. The Morgan fingerprint density at radius 1 is 0.846 bits per heavy atom. The van der Waals surface area contributed by atoms with Crippen LogP contribution in [-0.2, 0) is 12.8 Å². The van der Waals surface area contributed by atoms with Gasteiger partial charge in [-0.25, -0.2) is 0 Å². The maximum atomic E-state index is 12.6. The van der Waals surface area contributed by atoms with Crippen molar-refractivity contribution >= 4 is 5.91 Å². The Morgan fingerprint density at radius 2 is 1.54 bits per heavy atom. The van der Waals surface area contributed by atoms with E-state index in [0.717, 1.165) is 17.5 Å². The second kappa shape index (κ2) is 7.17. The second-order valence-electron chi connectivity index (χ2n) is 7.02. The Morgan fingerprint density at radius 3 is 2.31 bits per heavy atom. The summed E-state index contributed by atoms with van der Waals surface area (Å²) in [5.41, 5.74) is 7.05. The van der Waals surface area contributed by atoms with Gasteiger partial charge in [-0.2, -0.15) is 0 Å². The van der Waals surface area contributed by atoms with Gasteiger partial charge in [0, 0.05) is 5.56 Å². The molecule has 26 heavy (non-hydrogen) atoms. The largest absolute Gasteiger partial charge is 0.346 e. The molecule has 1 aliphatic carbocycles. The van der Waals surface area contributed by atoms with Gasteiger partial charge in [0.2, 0.25) is 0 Å². The Balaban J connectivity index is 1.46. The minimum atomic E-state index is -0.0300. The van der Waals surface area contributed by atoms with E-state index in [-0.39, 0.29) is 11.9 Å². The number of carbonyl (C=O) groups excluding carboxylic acids is 1. The van der Waals surface area contributed by atoms with Gasteiger partial charge in [0.1, 0.15) is 0 Å².